The molecule has 0 aromatic rings. The highest BCUT2D eigenvalue weighted by atomic mass is 16.5. The number of ether oxygens (including phenoxy) is 1. The zero-order valence-corrected chi connectivity index (χ0v) is 9.13. The zero-order valence-electron chi connectivity index (χ0n) is 9.13. The number of carbonyl (C=O) groups excluding carboxylic acids is 1. The van der Waals surface area contributed by atoms with Crippen LogP contribution in [0.1, 0.15) is 25.7 Å². The van der Waals surface area contributed by atoms with Gasteiger partial charge < -0.3 is 15.4 Å². The van der Waals surface area contributed by atoms with Crippen molar-refractivity contribution in [2.75, 3.05) is 26.3 Å². The van der Waals surface area contributed by atoms with Gasteiger partial charge in [-0.2, -0.15) is 0 Å². The summed E-state index contributed by atoms with van der Waals surface area (Å²) in [6.07, 6.45) is 4.62. The van der Waals surface area contributed by atoms with E-state index in [1.54, 1.807) is 0 Å². The molecular formula is C11H20N2O2. The fourth-order valence-corrected chi connectivity index (χ4v) is 1.84. The fourth-order valence-electron chi connectivity index (χ4n) is 1.84. The van der Waals surface area contributed by atoms with Crippen molar-refractivity contribution in [2.45, 2.75) is 31.7 Å². The van der Waals surface area contributed by atoms with Gasteiger partial charge in [-0.1, -0.05) is 0 Å². The molecule has 0 bridgehead atoms. The summed E-state index contributed by atoms with van der Waals surface area (Å²) >= 11 is 0. The van der Waals surface area contributed by atoms with Gasteiger partial charge in [-0.3, -0.25) is 4.79 Å². The van der Waals surface area contributed by atoms with Gasteiger partial charge in [0.2, 0.25) is 5.91 Å². The van der Waals surface area contributed by atoms with Gasteiger partial charge in [-0.25, -0.2) is 0 Å². The number of nitrogens with one attached hydrogen (secondary N) is 2. The van der Waals surface area contributed by atoms with E-state index in [1.165, 1.54) is 12.8 Å². The van der Waals surface area contributed by atoms with Crippen LogP contribution in [0.2, 0.25) is 0 Å². The monoisotopic (exact) mass is 212 g/mol. The highest BCUT2D eigenvalue weighted by molar-refractivity contribution is 5.77. The van der Waals surface area contributed by atoms with E-state index in [4.69, 9.17) is 4.74 Å². The van der Waals surface area contributed by atoms with E-state index in [0.717, 1.165) is 38.5 Å². The second-order valence-corrected chi connectivity index (χ2v) is 4.55. The Labute approximate surface area is 90.8 Å². The molecule has 1 amide bonds. The van der Waals surface area contributed by atoms with Crippen molar-refractivity contribution in [3.63, 3.8) is 0 Å². The van der Waals surface area contributed by atoms with E-state index in [-0.39, 0.29) is 12.5 Å². The second kappa shape index (κ2) is 5.47. The average Bonchev–Trinajstić information content (AvgIpc) is 3.03. The minimum absolute atomic E-state index is 0.0440. The highest BCUT2D eigenvalue weighted by Crippen LogP contribution is 2.28. The van der Waals surface area contributed by atoms with Crippen LogP contribution in [0.3, 0.4) is 0 Å². The molecular weight excluding hydrogens is 192 g/mol. The number of rotatable bonds is 5. The minimum atomic E-state index is 0.0440. The molecule has 0 radical (unpaired) electrons. The highest BCUT2D eigenvalue weighted by Gasteiger charge is 2.22. The molecule has 1 saturated heterocycles. The van der Waals surface area contributed by atoms with Crippen LogP contribution >= 0.6 is 0 Å². The minimum Gasteiger partial charge on any atom is -0.371 e. The Bertz CT molecular complexity index is 211. The van der Waals surface area contributed by atoms with Crippen molar-refractivity contribution in [1.29, 1.82) is 0 Å². The van der Waals surface area contributed by atoms with Crippen LogP contribution in [-0.2, 0) is 9.53 Å². The summed E-state index contributed by atoms with van der Waals surface area (Å²) in [4.78, 5) is 11.5. The molecule has 1 heterocycles. The lowest BCUT2D eigenvalue weighted by molar-refractivity contribution is -0.126. The van der Waals surface area contributed by atoms with Gasteiger partial charge in [0.15, 0.2) is 0 Å². The second-order valence-electron chi connectivity index (χ2n) is 4.55. The SMILES string of the molecule is O=C(COCC1CC1)NC1CCNCC1. The number of hydrogen-bond acceptors (Lipinski definition) is 3. The van der Waals surface area contributed by atoms with Crippen molar-refractivity contribution in [2.24, 2.45) is 5.92 Å². The molecule has 2 rings (SSSR count). The number of carbonyl (C=O) groups is 1. The molecule has 4 nitrogen and oxygen atoms in total. The third kappa shape index (κ3) is 4.18. The van der Waals surface area contributed by atoms with Crippen LogP contribution in [0.25, 0.3) is 0 Å². The lowest BCUT2D eigenvalue weighted by atomic mass is 10.1. The topological polar surface area (TPSA) is 50.4 Å². The maximum Gasteiger partial charge on any atom is 0.246 e. The van der Waals surface area contributed by atoms with E-state index < -0.39 is 0 Å². The molecule has 1 aliphatic heterocycles. The summed E-state index contributed by atoms with van der Waals surface area (Å²) in [5.41, 5.74) is 0. The van der Waals surface area contributed by atoms with Crippen LogP contribution in [-0.4, -0.2) is 38.3 Å². The van der Waals surface area contributed by atoms with Crippen molar-refractivity contribution >= 4 is 5.91 Å². The molecule has 0 spiro atoms. The van der Waals surface area contributed by atoms with Gasteiger partial charge in [0.25, 0.3) is 0 Å². The summed E-state index contributed by atoms with van der Waals surface area (Å²) in [5.74, 6) is 0.777. The van der Waals surface area contributed by atoms with E-state index in [1.807, 2.05) is 0 Å². The Kier molecular flexibility index (Phi) is 3.97. The van der Waals surface area contributed by atoms with Crippen molar-refractivity contribution in [3.8, 4) is 0 Å². The third-order valence-corrected chi connectivity index (χ3v) is 2.99. The van der Waals surface area contributed by atoms with Crippen molar-refractivity contribution in [1.82, 2.24) is 10.6 Å². The quantitative estimate of drug-likeness (QED) is 0.688. The molecule has 0 atom stereocenters. The Hall–Kier alpha value is -0.610. The lowest BCUT2D eigenvalue weighted by Crippen LogP contribution is -2.44. The van der Waals surface area contributed by atoms with Gasteiger partial charge in [0, 0.05) is 6.04 Å². The molecule has 2 aliphatic rings. The first-order chi connectivity index (χ1) is 7.34. The average molecular weight is 212 g/mol. The standard InChI is InChI=1S/C11H20N2O2/c14-11(8-15-7-9-1-2-9)13-10-3-5-12-6-4-10/h9-10,12H,1-8H2,(H,13,14). The Morgan fingerprint density at radius 2 is 2.00 bits per heavy atom. The number of hydrogen-bond donors (Lipinski definition) is 2. The normalized spacial score (nSPS) is 22.7. The Morgan fingerprint density at radius 1 is 1.27 bits per heavy atom. The van der Waals surface area contributed by atoms with Crippen LogP contribution in [0.4, 0.5) is 0 Å². The smallest absolute Gasteiger partial charge is 0.246 e. The van der Waals surface area contributed by atoms with E-state index in [2.05, 4.69) is 10.6 Å². The molecule has 1 saturated carbocycles. The summed E-state index contributed by atoms with van der Waals surface area (Å²) in [7, 11) is 0. The van der Waals surface area contributed by atoms with Gasteiger partial charge in [0.1, 0.15) is 6.61 Å². The largest absolute Gasteiger partial charge is 0.371 e. The number of piperidine rings is 1. The van der Waals surface area contributed by atoms with E-state index in [0.29, 0.717) is 6.04 Å². The molecule has 1 aliphatic carbocycles. The van der Waals surface area contributed by atoms with Gasteiger partial charge in [-0.05, 0) is 44.7 Å². The fraction of sp³-hybridized carbons (Fsp3) is 0.909. The molecule has 15 heavy (non-hydrogen) atoms. The summed E-state index contributed by atoms with van der Waals surface area (Å²) < 4.78 is 5.33. The van der Waals surface area contributed by atoms with Gasteiger partial charge >= 0.3 is 0 Å². The summed E-state index contributed by atoms with van der Waals surface area (Å²) in [6, 6.07) is 0.350. The predicted octanol–water partition coefficient (Wildman–Crippen LogP) is 0.281. The molecule has 0 aromatic heterocycles. The van der Waals surface area contributed by atoms with Gasteiger partial charge in [-0.15, -0.1) is 0 Å². The summed E-state index contributed by atoms with van der Waals surface area (Å²) in [5, 5.41) is 6.28. The molecule has 2 N–H and O–H groups in total. The van der Waals surface area contributed by atoms with Gasteiger partial charge in [0.05, 0.1) is 6.61 Å². The van der Waals surface area contributed by atoms with Crippen molar-refractivity contribution < 1.29 is 9.53 Å². The van der Waals surface area contributed by atoms with E-state index in [9.17, 15) is 4.79 Å². The van der Waals surface area contributed by atoms with Crippen LogP contribution in [0.5, 0.6) is 0 Å². The molecule has 0 aromatic carbocycles. The van der Waals surface area contributed by atoms with E-state index >= 15 is 0 Å². The molecule has 2 fully saturated rings. The predicted molar refractivity (Wildman–Crippen MR) is 57.6 cm³/mol. The van der Waals surface area contributed by atoms with Crippen LogP contribution in [0, 0.1) is 5.92 Å². The lowest BCUT2D eigenvalue weighted by Gasteiger charge is -2.23. The Balaban J connectivity index is 1.54. The first-order valence-corrected chi connectivity index (χ1v) is 5.92. The molecule has 0 unspecified atom stereocenters. The first-order valence-electron chi connectivity index (χ1n) is 5.92. The third-order valence-electron chi connectivity index (χ3n) is 2.99. The van der Waals surface area contributed by atoms with Crippen LogP contribution < -0.4 is 10.6 Å². The maximum atomic E-state index is 11.5. The van der Waals surface area contributed by atoms with Crippen LogP contribution in [0.15, 0.2) is 0 Å². The summed E-state index contributed by atoms with van der Waals surface area (Å²) in [6.45, 7) is 3.02. The molecule has 4 heteroatoms. The molecule has 86 valence electrons. The first kappa shape index (κ1) is 10.9. The zero-order chi connectivity index (χ0) is 10.5. The number of amides is 1. The Morgan fingerprint density at radius 3 is 2.67 bits per heavy atom. The van der Waals surface area contributed by atoms with Crippen molar-refractivity contribution in [3.05, 3.63) is 0 Å². The maximum absolute atomic E-state index is 11.5.